The number of nitrogens with one attached hydrogen (secondary N) is 2. The highest BCUT2D eigenvalue weighted by molar-refractivity contribution is 7.52. The number of hydrogen-bond acceptors (Lipinski definition) is 7. The molecule has 1 aromatic carbocycles. The Morgan fingerprint density at radius 2 is 1.73 bits per heavy atom. The van der Waals surface area contributed by atoms with Gasteiger partial charge in [-0.3, -0.25) is 28.7 Å². The standard InChI is InChI=1S/C33H35F5N5O7PS/c34-32(35,36)13-12-27(44)41-31(26-7-3-4-14-39-26)17-42(18-31)30(47)23-10-9-21-5-1-2-6-22(29(46)43(21)23)40-28(45)25-16-19-15-20(8-11-24(19)52-25)33(37,38)51(48,49)50/h3-4,7-8,11,14-16,21-23H,1-2,5-6,9-10,12-13,17-18H2,(H,40,45)(H,41,44)(H2,48,49,50)/t21-,22?,23-/m0/s1. The Hall–Kier alpha value is -3.99. The van der Waals surface area contributed by atoms with Crippen LogP contribution in [-0.4, -0.2) is 85.6 Å². The predicted molar refractivity (Wildman–Crippen MR) is 177 cm³/mol. The molecule has 4 N–H and O–H groups in total. The van der Waals surface area contributed by atoms with Crippen molar-refractivity contribution in [1.82, 2.24) is 25.4 Å². The van der Waals surface area contributed by atoms with Crippen molar-refractivity contribution in [2.24, 2.45) is 0 Å². The lowest BCUT2D eigenvalue weighted by atomic mass is 9.84. The van der Waals surface area contributed by atoms with Gasteiger partial charge in [-0.25, -0.2) is 0 Å². The van der Waals surface area contributed by atoms with Crippen LogP contribution in [0.25, 0.3) is 10.1 Å². The molecule has 2 aromatic heterocycles. The summed E-state index contributed by atoms with van der Waals surface area (Å²) < 4.78 is 78.8. The van der Waals surface area contributed by atoms with E-state index < -0.39 is 79.1 Å². The number of hydrogen-bond donors (Lipinski definition) is 4. The lowest BCUT2D eigenvalue weighted by Crippen LogP contribution is -2.71. The third-order valence-electron chi connectivity index (χ3n) is 9.78. The lowest BCUT2D eigenvalue weighted by molar-refractivity contribution is -0.155. The number of carbonyl (C=O) groups excluding carboxylic acids is 4. The van der Waals surface area contributed by atoms with Crippen molar-refractivity contribution in [3.63, 3.8) is 0 Å². The number of fused-ring (bicyclic) bond motifs is 2. The second kappa shape index (κ2) is 14.1. The van der Waals surface area contributed by atoms with Crippen molar-refractivity contribution < 1.29 is 55.5 Å². The zero-order valence-electron chi connectivity index (χ0n) is 27.4. The van der Waals surface area contributed by atoms with Crippen molar-refractivity contribution in [2.75, 3.05) is 13.1 Å². The molecule has 1 unspecified atom stereocenters. The summed E-state index contributed by atoms with van der Waals surface area (Å²) in [6.07, 6.45) is -2.02. The number of pyridine rings is 1. The van der Waals surface area contributed by atoms with Crippen LogP contribution in [0, 0.1) is 0 Å². The van der Waals surface area contributed by atoms with Crippen LogP contribution >= 0.6 is 18.9 Å². The first-order chi connectivity index (χ1) is 24.4. The van der Waals surface area contributed by atoms with Crippen molar-refractivity contribution in [3.05, 3.63) is 64.8 Å². The molecule has 19 heteroatoms. The molecule has 3 atom stereocenters. The fourth-order valence-corrected chi connectivity index (χ4v) is 8.58. The van der Waals surface area contributed by atoms with Gasteiger partial charge in [0.15, 0.2) is 0 Å². The second-order valence-electron chi connectivity index (χ2n) is 13.4. The fraction of sp³-hybridized carbons (Fsp3) is 0.485. The summed E-state index contributed by atoms with van der Waals surface area (Å²) >= 11 is 0.949. The van der Waals surface area contributed by atoms with E-state index in [1.165, 1.54) is 28.1 Å². The highest BCUT2D eigenvalue weighted by Crippen LogP contribution is 2.59. The van der Waals surface area contributed by atoms with Crippen LogP contribution in [0.4, 0.5) is 22.0 Å². The Labute approximate surface area is 297 Å². The number of amides is 4. The third kappa shape index (κ3) is 7.56. The Morgan fingerprint density at radius 1 is 1.00 bits per heavy atom. The average molecular weight is 772 g/mol. The predicted octanol–water partition coefficient (Wildman–Crippen LogP) is 4.75. The zero-order valence-corrected chi connectivity index (χ0v) is 29.2. The van der Waals surface area contributed by atoms with Crippen molar-refractivity contribution in [2.45, 2.75) is 86.9 Å². The number of benzene rings is 1. The van der Waals surface area contributed by atoms with Crippen LogP contribution in [0.3, 0.4) is 0 Å². The largest absolute Gasteiger partial charge is 0.399 e. The lowest BCUT2D eigenvalue weighted by Gasteiger charge is -2.51. The molecule has 52 heavy (non-hydrogen) atoms. The summed E-state index contributed by atoms with van der Waals surface area (Å²) in [6.45, 7) is -0.143. The number of carbonyl (C=O) groups is 4. The van der Waals surface area contributed by atoms with Gasteiger partial charge in [0.05, 0.1) is 30.1 Å². The smallest absolute Gasteiger partial charge is 0.342 e. The summed E-state index contributed by atoms with van der Waals surface area (Å²) in [6, 6.07) is 7.05. The van der Waals surface area contributed by atoms with E-state index >= 15 is 0 Å². The first-order valence-corrected chi connectivity index (χ1v) is 19.0. The Kier molecular flexibility index (Phi) is 10.2. The van der Waals surface area contributed by atoms with E-state index in [4.69, 9.17) is 9.79 Å². The molecule has 3 aliphatic heterocycles. The van der Waals surface area contributed by atoms with Gasteiger partial charge in [0, 0.05) is 28.9 Å². The van der Waals surface area contributed by atoms with E-state index in [1.807, 2.05) is 0 Å². The normalized spacial score (nSPS) is 22.3. The molecule has 0 saturated carbocycles. The Bertz CT molecular complexity index is 1920. The first-order valence-electron chi connectivity index (χ1n) is 16.6. The minimum atomic E-state index is -5.81. The van der Waals surface area contributed by atoms with Crippen LogP contribution in [0.15, 0.2) is 48.7 Å². The second-order valence-corrected chi connectivity index (χ2v) is 16.1. The Morgan fingerprint density at radius 3 is 2.40 bits per heavy atom. The maximum absolute atomic E-state index is 14.3. The number of thiophene rings is 1. The monoisotopic (exact) mass is 771 g/mol. The Balaban J connectivity index is 1.16. The minimum Gasteiger partial charge on any atom is -0.342 e. The van der Waals surface area contributed by atoms with Crippen LogP contribution in [0.2, 0.25) is 0 Å². The molecule has 5 heterocycles. The molecular weight excluding hydrogens is 736 g/mol. The molecule has 3 fully saturated rings. The van der Waals surface area contributed by atoms with Gasteiger partial charge in [-0.15, -0.1) is 11.3 Å². The fourth-order valence-electron chi connectivity index (χ4n) is 7.16. The highest BCUT2D eigenvalue weighted by Gasteiger charge is 2.53. The maximum atomic E-state index is 14.3. The molecule has 3 aromatic rings. The summed E-state index contributed by atoms with van der Waals surface area (Å²) in [5.74, 6) is -2.36. The van der Waals surface area contributed by atoms with Crippen molar-refractivity contribution in [1.29, 1.82) is 0 Å². The van der Waals surface area contributed by atoms with E-state index in [0.29, 0.717) is 36.1 Å². The quantitative estimate of drug-likeness (QED) is 0.179. The van der Waals surface area contributed by atoms with Crippen molar-refractivity contribution in [3.8, 4) is 0 Å². The summed E-state index contributed by atoms with van der Waals surface area (Å²) in [5, 5.41) is 5.55. The maximum Gasteiger partial charge on any atom is 0.399 e. The first kappa shape index (κ1) is 37.8. The molecule has 0 aliphatic carbocycles. The van der Waals surface area contributed by atoms with Crippen LogP contribution in [0.1, 0.15) is 72.3 Å². The van der Waals surface area contributed by atoms with E-state index in [9.17, 15) is 45.7 Å². The highest BCUT2D eigenvalue weighted by atomic mass is 32.1. The van der Waals surface area contributed by atoms with Crippen LogP contribution in [-0.2, 0) is 30.2 Å². The van der Waals surface area contributed by atoms with Gasteiger partial charge in [0.1, 0.15) is 17.6 Å². The van der Waals surface area contributed by atoms with Gasteiger partial charge in [0.2, 0.25) is 17.7 Å². The van der Waals surface area contributed by atoms with E-state index in [-0.39, 0.29) is 35.8 Å². The molecule has 0 radical (unpaired) electrons. The molecule has 12 nitrogen and oxygen atoms in total. The number of rotatable bonds is 9. The van der Waals surface area contributed by atoms with Gasteiger partial charge in [-0.05, 0) is 61.4 Å². The van der Waals surface area contributed by atoms with Gasteiger partial charge in [0.25, 0.3) is 5.91 Å². The summed E-state index contributed by atoms with van der Waals surface area (Å²) in [5.41, 5.74) is -6.18. The van der Waals surface area contributed by atoms with Gasteiger partial charge in [-0.2, -0.15) is 22.0 Å². The molecule has 0 bridgehead atoms. The molecule has 3 aliphatic rings. The van der Waals surface area contributed by atoms with E-state index in [0.717, 1.165) is 29.9 Å². The minimum absolute atomic E-state index is 0.0717. The summed E-state index contributed by atoms with van der Waals surface area (Å²) in [7, 11) is -5.81. The van der Waals surface area contributed by atoms with Crippen LogP contribution in [0.5, 0.6) is 0 Å². The van der Waals surface area contributed by atoms with Gasteiger partial charge < -0.3 is 30.2 Å². The molecular formula is C33H35F5N5O7PS. The summed E-state index contributed by atoms with van der Waals surface area (Å²) in [4.78, 5) is 79.6. The SMILES string of the molecule is O=C(CCC(F)(F)F)NC1(c2ccccn2)CN(C(=O)[C@@H]2CC[C@@H]3CCCCC(NC(=O)c4cc5cc(C(F)(F)P(=O)(O)O)ccc5s4)C(=O)N32)C1. The molecule has 0 spiro atoms. The zero-order chi connectivity index (χ0) is 37.6. The van der Waals surface area contributed by atoms with E-state index in [1.54, 1.807) is 18.2 Å². The topological polar surface area (TPSA) is 169 Å². The van der Waals surface area contributed by atoms with Crippen molar-refractivity contribution >= 4 is 52.6 Å². The van der Waals surface area contributed by atoms with E-state index in [2.05, 4.69) is 15.6 Å². The number of likely N-dealkylation sites (tertiary alicyclic amines) is 1. The number of nitrogens with zero attached hydrogens (tertiary/aromatic N) is 3. The number of alkyl halides is 5. The van der Waals surface area contributed by atoms with Gasteiger partial charge >= 0.3 is 19.4 Å². The third-order valence-corrected chi connectivity index (χ3v) is 11.9. The molecule has 4 amide bonds. The number of aromatic nitrogens is 1. The molecule has 280 valence electrons. The van der Waals surface area contributed by atoms with Crippen LogP contribution < -0.4 is 10.6 Å². The molecule has 3 saturated heterocycles. The van der Waals surface area contributed by atoms with Gasteiger partial charge in [-0.1, -0.05) is 25.0 Å². The number of halogens is 5. The molecule has 6 rings (SSSR count). The average Bonchev–Trinajstić information content (AvgIpc) is 3.69.